The highest BCUT2D eigenvalue weighted by Gasteiger charge is 2.56. The predicted octanol–water partition coefficient (Wildman–Crippen LogP) is 6.45. The van der Waals surface area contributed by atoms with Gasteiger partial charge in [-0.2, -0.15) is 0 Å². The van der Waals surface area contributed by atoms with Gasteiger partial charge in [-0.05, 0) is 81.0 Å². The van der Waals surface area contributed by atoms with E-state index in [1.165, 1.54) is 32.1 Å². The highest BCUT2D eigenvalue weighted by molar-refractivity contribution is 5.19. The number of fused-ring (bicyclic) bond motifs is 3. The summed E-state index contributed by atoms with van der Waals surface area (Å²) < 4.78 is 48.5. The smallest absolute Gasteiger partial charge is 0.127 e. The molecular weight excluding hydrogens is 422 g/mol. The van der Waals surface area contributed by atoms with Crippen molar-refractivity contribution in [2.24, 2.45) is 35.5 Å². The quantitative estimate of drug-likeness (QED) is 0.446. The van der Waals surface area contributed by atoms with Crippen molar-refractivity contribution < 1.29 is 23.0 Å². The average molecular weight is 467 g/mol. The second-order valence-corrected chi connectivity index (χ2v) is 11.9. The molecule has 4 fully saturated rings. The van der Waals surface area contributed by atoms with Crippen molar-refractivity contribution in [2.45, 2.75) is 114 Å². The molecule has 0 aromatic rings. The summed E-state index contributed by atoms with van der Waals surface area (Å²) >= 11 is 0. The number of methoxy groups -OCH3 is 2. The summed E-state index contributed by atoms with van der Waals surface area (Å²) in [5, 5.41) is 0. The van der Waals surface area contributed by atoms with Crippen molar-refractivity contribution in [3.05, 3.63) is 12.2 Å². The Bertz CT molecular complexity index is 671. The van der Waals surface area contributed by atoms with Crippen molar-refractivity contribution in [3.63, 3.8) is 0 Å². The summed E-state index contributed by atoms with van der Waals surface area (Å²) in [6.07, 6.45) is 12.9. The van der Waals surface area contributed by atoms with Crippen LogP contribution in [-0.4, -0.2) is 50.5 Å². The molecule has 4 saturated carbocycles. The topological polar surface area (TPSA) is 27.7 Å². The Morgan fingerprint density at radius 2 is 1.42 bits per heavy atom. The minimum absolute atomic E-state index is 0.0756. The molecule has 1 heterocycles. The maximum Gasteiger partial charge on any atom is 0.127 e. The van der Waals surface area contributed by atoms with E-state index < -0.39 is 17.9 Å². The summed E-state index contributed by atoms with van der Waals surface area (Å²) in [5.74, 6) is 2.54. The molecule has 0 aromatic heterocycles. The molecule has 5 heteroatoms. The standard InChI is InChI=1S/C28H44F2O3/c1-17-14-18-6-4-5-7-22(18)27-21(17)12-13-28(33-27,19-8-10-25(31-2)23(29)15-19)20-9-11-26(32-3)24(30)16-20/h12-13,17-27H,4-11,14-16H2,1-3H3. The van der Waals surface area contributed by atoms with Crippen LogP contribution in [0.4, 0.5) is 8.78 Å². The lowest BCUT2D eigenvalue weighted by atomic mass is 9.58. The largest absolute Gasteiger partial charge is 0.378 e. The number of rotatable bonds is 4. The zero-order valence-corrected chi connectivity index (χ0v) is 20.8. The summed E-state index contributed by atoms with van der Waals surface area (Å²) in [4.78, 5) is 0. The SMILES string of the molecule is COC1CCC(C2(C3CCC(OC)C(F)C3)C=CC3C(C)CC4CCCCC4C3O2)CC1F. The van der Waals surface area contributed by atoms with E-state index in [1.807, 2.05) is 0 Å². The Hall–Kier alpha value is -0.520. The first-order valence-electron chi connectivity index (χ1n) is 13.7. The van der Waals surface area contributed by atoms with Gasteiger partial charge in [-0.1, -0.05) is 38.3 Å². The highest BCUT2D eigenvalue weighted by Crippen LogP contribution is 2.55. The molecule has 0 bridgehead atoms. The molecule has 11 atom stereocenters. The fourth-order valence-electron chi connectivity index (χ4n) is 8.53. The second kappa shape index (κ2) is 9.85. The minimum Gasteiger partial charge on any atom is -0.378 e. The van der Waals surface area contributed by atoms with Crippen LogP contribution in [0.2, 0.25) is 0 Å². The molecule has 0 radical (unpaired) electrons. The van der Waals surface area contributed by atoms with E-state index >= 15 is 8.78 Å². The lowest BCUT2D eigenvalue weighted by Gasteiger charge is -2.58. The number of halogens is 2. The van der Waals surface area contributed by atoms with Crippen molar-refractivity contribution in [2.75, 3.05) is 14.2 Å². The summed E-state index contributed by atoms with van der Waals surface area (Å²) in [6.45, 7) is 2.38. The number of hydrogen-bond acceptors (Lipinski definition) is 3. The van der Waals surface area contributed by atoms with E-state index in [-0.39, 0.29) is 30.1 Å². The molecule has 0 amide bonds. The monoisotopic (exact) mass is 466 g/mol. The molecule has 33 heavy (non-hydrogen) atoms. The molecule has 11 unspecified atom stereocenters. The van der Waals surface area contributed by atoms with Gasteiger partial charge in [0.2, 0.25) is 0 Å². The van der Waals surface area contributed by atoms with Gasteiger partial charge in [0, 0.05) is 20.1 Å². The van der Waals surface area contributed by atoms with Crippen LogP contribution in [0.5, 0.6) is 0 Å². The fourth-order valence-corrected chi connectivity index (χ4v) is 8.53. The van der Waals surface area contributed by atoms with Crippen LogP contribution in [-0.2, 0) is 14.2 Å². The van der Waals surface area contributed by atoms with Crippen molar-refractivity contribution >= 4 is 0 Å². The third kappa shape index (κ3) is 4.33. The predicted molar refractivity (Wildman–Crippen MR) is 126 cm³/mol. The van der Waals surface area contributed by atoms with Crippen LogP contribution < -0.4 is 0 Å². The first kappa shape index (κ1) is 24.2. The second-order valence-electron chi connectivity index (χ2n) is 11.9. The lowest BCUT2D eigenvalue weighted by molar-refractivity contribution is -0.215. The summed E-state index contributed by atoms with van der Waals surface area (Å²) in [5.41, 5.74) is -0.563. The highest BCUT2D eigenvalue weighted by atomic mass is 19.1. The van der Waals surface area contributed by atoms with E-state index in [0.29, 0.717) is 43.4 Å². The Balaban J connectivity index is 1.47. The first-order chi connectivity index (χ1) is 16.0. The maximum absolute atomic E-state index is 15.1. The molecule has 0 N–H and O–H groups in total. The van der Waals surface area contributed by atoms with Gasteiger partial charge in [-0.3, -0.25) is 0 Å². The third-order valence-electron chi connectivity index (χ3n) is 10.3. The summed E-state index contributed by atoms with van der Waals surface area (Å²) in [7, 11) is 3.22. The van der Waals surface area contributed by atoms with Crippen LogP contribution in [0.25, 0.3) is 0 Å². The fraction of sp³-hybridized carbons (Fsp3) is 0.929. The lowest BCUT2D eigenvalue weighted by Crippen LogP contribution is -2.59. The van der Waals surface area contributed by atoms with E-state index in [1.54, 1.807) is 14.2 Å². The summed E-state index contributed by atoms with van der Waals surface area (Å²) in [6, 6.07) is 0. The Labute approximate surface area is 199 Å². The average Bonchev–Trinajstić information content (AvgIpc) is 2.83. The van der Waals surface area contributed by atoms with Crippen LogP contribution in [0, 0.1) is 35.5 Å². The van der Waals surface area contributed by atoms with Crippen molar-refractivity contribution in [1.29, 1.82) is 0 Å². The number of alkyl halides is 2. The van der Waals surface area contributed by atoms with Gasteiger partial charge in [-0.25, -0.2) is 8.78 Å². The van der Waals surface area contributed by atoms with E-state index in [9.17, 15) is 0 Å². The Morgan fingerprint density at radius 3 is 2.00 bits per heavy atom. The molecule has 3 nitrogen and oxygen atoms in total. The zero-order valence-electron chi connectivity index (χ0n) is 20.8. The maximum atomic E-state index is 15.1. The van der Waals surface area contributed by atoms with Gasteiger partial charge < -0.3 is 14.2 Å². The Kier molecular flexibility index (Phi) is 7.22. The van der Waals surface area contributed by atoms with Crippen LogP contribution in [0.1, 0.15) is 77.6 Å². The van der Waals surface area contributed by atoms with Gasteiger partial charge in [0.25, 0.3) is 0 Å². The molecule has 0 spiro atoms. The molecule has 0 aromatic carbocycles. The normalized spacial score (nSPS) is 52.7. The molecule has 1 aliphatic heterocycles. The van der Waals surface area contributed by atoms with E-state index in [4.69, 9.17) is 14.2 Å². The van der Waals surface area contributed by atoms with Crippen molar-refractivity contribution in [1.82, 2.24) is 0 Å². The zero-order chi connectivity index (χ0) is 23.2. The van der Waals surface area contributed by atoms with Crippen LogP contribution >= 0.6 is 0 Å². The molecule has 188 valence electrons. The van der Waals surface area contributed by atoms with Gasteiger partial charge in [0.05, 0.1) is 23.9 Å². The number of ether oxygens (including phenoxy) is 3. The molecule has 0 saturated heterocycles. The van der Waals surface area contributed by atoms with Gasteiger partial charge in [-0.15, -0.1) is 0 Å². The van der Waals surface area contributed by atoms with Gasteiger partial charge in [0.1, 0.15) is 12.3 Å². The Morgan fingerprint density at radius 1 is 0.818 bits per heavy atom. The molecule has 4 aliphatic carbocycles. The molecule has 5 aliphatic rings. The molecular formula is C28H44F2O3. The van der Waals surface area contributed by atoms with Gasteiger partial charge >= 0.3 is 0 Å². The first-order valence-corrected chi connectivity index (χ1v) is 13.7. The molecule has 5 rings (SSSR count). The van der Waals surface area contributed by atoms with E-state index in [2.05, 4.69) is 19.1 Å². The van der Waals surface area contributed by atoms with Crippen molar-refractivity contribution in [3.8, 4) is 0 Å². The van der Waals surface area contributed by atoms with E-state index in [0.717, 1.165) is 18.8 Å². The van der Waals surface area contributed by atoms with Crippen LogP contribution in [0.15, 0.2) is 12.2 Å². The van der Waals surface area contributed by atoms with Crippen LogP contribution in [0.3, 0.4) is 0 Å². The third-order valence-corrected chi connectivity index (χ3v) is 10.3. The minimum atomic E-state index is -0.982. The number of hydrogen-bond donors (Lipinski definition) is 0. The van der Waals surface area contributed by atoms with Gasteiger partial charge in [0.15, 0.2) is 0 Å².